The number of nitrogens with zero attached hydrogens (tertiary/aromatic N) is 2. The molecular weight excluding hydrogens is 337 g/mol. The van der Waals surface area contributed by atoms with Crippen LogP contribution in [0.5, 0.6) is 5.75 Å². The first-order chi connectivity index (χ1) is 12.6. The Bertz CT molecular complexity index is 860. The standard InChI is InChI=1S/C19H18FN3O3/c20-15-6-1-14(2-7-15)11-12-25-16-8-3-13(4-9-16)5-10-17-22-19(18(21)24)23-26-17/h1-4,6-9H,5,10-12H2,(H2,21,24). The topological polar surface area (TPSA) is 91.2 Å². The summed E-state index contributed by atoms with van der Waals surface area (Å²) in [7, 11) is 0. The van der Waals surface area contributed by atoms with E-state index in [4.69, 9.17) is 15.0 Å². The van der Waals surface area contributed by atoms with E-state index < -0.39 is 5.91 Å². The Morgan fingerprint density at radius 3 is 2.31 bits per heavy atom. The van der Waals surface area contributed by atoms with Crippen LogP contribution in [-0.4, -0.2) is 22.7 Å². The lowest BCUT2D eigenvalue weighted by Crippen LogP contribution is -2.12. The second-order valence-electron chi connectivity index (χ2n) is 5.74. The summed E-state index contributed by atoms with van der Waals surface area (Å²) in [5.41, 5.74) is 7.18. The lowest BCUT2D eigenvalue weighted by Gasteiger charge is -2.07. The van der Waals surface area contributed by atoms with Crippen molar-refractivity contribution in [2.24, 2.45) is 5.73 Å². The largest absolute Gasteiger partial charge is 0.493 e. The van der Waals surface area contributed by atoms with Gasteiger partial charge in [-0.05, 0) is 41.8 Å². The summed E-state index contributed by atoms with van der Waals surface area (Å²) in [4.78, 5) is 14.8. The number of primary amides is 1. The van der Waals surface area contributed by atoms with Crippen LogP contribution in [0.4, 0.5) is 4.39 Å². The number of amides is 1. The van der Waals surface area contributed by atoms with Crippen molar-refractivity contribution in [2.45, 2.75) is 19.3 Å². The van der Waals surface area contributed by atoms with Crippen molar-refractivity contribution in [2.75, 3.05) is 6.61 Å². The van der Waals surface area contributed by atoms with Gasteiger partial charge in [-0.25, -0.2) is 4.39 Å². The molecule has 3 aromatic rings. The molecular formula is C19H18FN3O3. The van der Waals surface area contributed by atoms with Crippen molar-refractivity contribution in [3.63, 3.8) is 0 Å². The number of hydrogen-bond acceptors (Lipinski definition) is 5. The van der Waals surface area contributed by atoms with Gasteiger partial charge in [0.25, 0.3) is 11.7 Å². The van der Waals surface area contributed by atoms with Crippen LogP contribution in [0.2, 0.25) is 0 Å². The zero-order valence-electron chi connectivity index (χ0n) is 14.0. The lowest BCUT2D eigenvalue weighted by molar-refractivity contribution is 0.0987. The normalized spacial score (nSPS) is 10.7. The summed E-state index contributed by atoms with van der Waals surface area (Å²) in [5.74, 6) is 0.0896. The predicted octanol–water partition coefficient (Wildman–Crippen LogP) is 2.71. The first-order valence-corrected chi connectivity index (χ1v) is 8.19. The minimum absolute atomic E-state index is 0.107. The SMILES string of the molecule is NC(=O)c1noc(CCc2ccc(OCCc3ccc(F)cc3)cc2)n1. The Balaban J connectivity index is 1.45. The number of carbonyl (C=O) groups is 1. The fraction of sp³-hybridized carbons (Fsp3) is 0.211. The van der Waals surface area contributed by atoms with Crippen molar-refractivity contribution in [1.82, 2.24) is 10.1 Å². The molecule has 1 amide bonds. The maximum absolute atomic E-state index is 12.9. The van der Waals surface area contributed by atoms with Gasteiger partial charge in [0, 0.05) is 12.8 Å². The number of hydrogen-bond donors (Lipinski definition) is 1. The summed E-state index contributed by atoms with van der Waals surface area (Å²) < 4.78 is 23.5. The van der Waals surface area contributed by atoms with Gasteiger partial charge in [0.15, 0.2) is 0 Å². The number of aromatic nitrogens is 2. The second kappa shape index (κ2) is 8.24. The monoisotopic (exact) mass is 355 g/mol. The molecule has 3 rings (SSSR count). The molecule has 0 aliphatic heterocycles. The van der Waals surface area contributed by atoms with E-state index in [1.54, 1.807) is 12.1 Å². The van der Waals surface area contributed by atoms with Crippen LogP contribution in [0.3, 0.4) is 0 Å². The molecule has 0 bridgehead atoms. The Morgan fingerprint density at radius 2 is 1.65 bits per heavy atom. The van der Waals surface area contributed by atoms with Crippen LogP contribution in [0.1, 0.15) is 27.6 Å². The Labute approximate surface area is 149 Å². The number of halogens is 1. The third kappa shape index (κ3) is 4.89. The average Bonchev–Trinajstić information content (AvgIpc) is 3.12. The van der Waals surface area contributed by atoms with Crippen molar-refractivity contribution >= 4 is 5.91 Å². The van der Waals surface area contributed by atoms with Crippen molar-refractivity contribution in [1.29, 1.82) is 0 Å². The number of rotatable bonds is 8. The van der Waals surface area contributed by atoms with Crippen LogP contribution in [0.15, 0.2) is 53.1 Å². The van der Waals surface area contributed by atoms with Gasteiger partial charge in [-0.3, -0.25) is 4.79 Å². The van der Waals surface area contributed by atoms with Gasteiger partial charge >= 0.3 is 0 Å². The fourth-order valence-corrected chi connectivity index (χ4v) is 2.40. The molecule has 0 aliphatic carbocycles. The molecule has 26 heavy (non-hydrogen) atoms. The maximum Gasteiger partial charge on any atom is 0.290 e. The Morgan fingerprint density at radius 1 is 1.00 bits per heavy atom. The van der Waals surface area contributed by atoms with E-state index in [-0.39, 0.29) is 11.6 Å². The Kier molecular flexibility index (Phi) is 5.58. The molecule has 0 aliphatic rings. The molecule has 0 radical (unpaired) electrons. The Hall–Kier alpha value is -3.22. The van der Waals surface area contributed by atoms with Gasteiger partial charge in [0.1, 0.15) is 11.6 Å². The lowest BCUT2D eigenvalue weighted by atomic mass is 10.1. The quantitative estimate of drug-likeness (QED) is 0.671. The van der Waals surface area contributed by atoms with Crippen LogP contribution in [0.25, 0.3) is 0 Å². The third-order valence-electron chi connectivity index (χ3n) is 3.81. The van der Waals surface area contributed by atoms with E-state index in [1.807, 2.05) is 24.3 Å². The molecule has 1 heterocycles. The van der Waals surface area contributed by atoms with Gasteiger partial charge in [0.2, 0.25) is 5.89 Å². The number of ether oxygens (including phenoxy) is 1. The van der Waals surface area contributed by atoms with E-state index in [0.29, 0.717) is 31.8 Å². The molecule has 7 heteroatoms. The zero-order valence-corrected chi connectivity index (χ0v) is 14.0. The highest BCUT2D eigenvalue weighted by molar-refractivity contribution is 5.88. The molecule has 0 fully saturated rings. The summed E-state index contributed by atoms with van der Waals surface area (Å²) in [6, 6.07) is 14.1. The average molecular weight is 355 g/mol. The van der Waals surface area contributed by atoms with Gasteiger partial charge in [-0.2, -0.15) is 4.98 Å². The minimum Gasteiger partial charge on any atom is -0.493 e. The molecule has 6 nitrogen and oxygen atoms in total. The van der Waals surface area contributed by atoms with E-state index in [9.17, 15) is 9.18 Å². The van der Waals surface area contributed by atoms with Gasteiger partial charge in [-0.15, -0.1) is 0 Å². The number of benzene rings is 2. The molecule has 0 saturated carbocycles. The van der Waals surface area contributed by atoms with Crippen LogP contribution < -0.4 is 10.5 Å². The summed E-state index contributed by atoms with van der Waals surface area (Å²) in [5, 5.41) is 3.50. The number of nitrogens with two attached hydrogens (primary N) is 1. The summed E-state index contributed by atoms with van der Waals surface area (Å²) in [6.45, 7) is 0.517. The fourth-order valence-electron chi connectivity index (χ4n) is 2.40. The van der Waals surface area contributed by atoms with Crippen molar-refractivity contribution in [3.05, 3.63) is 77.2 Å². The highest BCUT2D eigenvalue weighted by atomic mass is 19.1. The molecule has 0 saturated heterocycles. The first-order valence-electron chi connectivity index (χ1n) is 8.19. The molecule has 2 N–H and O–H groups in total. The maximum atomic E-state index is 12.9. The minimum atomic E-state index is -0.706. The summed E-state index contributed by atoms with van der Waals surface area (Å²) >= 11 is 0. The van der Waals surface area contributed by atoms with Crippen molar-refractivity contribution < 1.29 is 18.4 Å². The number of carbonyl (C=O) groups excluding carboxylic acids is 1. The van der Waals surface area contributed by atoms with E-state index in [2.05, 4.69) is 10.1 Å². The molecule has 134 valence electrons. The zero-order chi connectivity index (χ0) is 18.4. The van der Waals surface area contributed by atoms with E-state index >= 15 is 0 Å². The third-order valence-corrected chi connectivity index (χ3v) is 3.81. The van der Waals surface area contributed by atoms with Gasteiger partial charge in [0.05, 0.1) is 6.61 Å². The van der Waals surface area contributed by atoms with E-state index in [1.165, 1.54) is 12.1 Å². The molecule has 0 spiro atoms. The number of aryl methyl sites for hydroxylation is 2. The highest BCUT2D eigenvalue weighted by Gasteiger charge is 2.10. The molecule has 2 aromatic carbocycles. The first kappa shape index (κ1) is 17.6. The highest BCUT2D eigenvalue weighted by Crippen LogP contribution is 2.14. The van der Waals surface area contributed by atoms with Crippen LogP contribution in [0, 0.1) is 5.82 Å². The molecule has 0 unspecified atom stereocenters. The molecule has 1 aromatic heterocycles. The molecule has 0 atom stereocenters. The smallest absolute Gasteiger partial charge is 0.290 e. The summed E-state index contributed by atoms with van der Waals surface area (Å²) in [6.07, 6.45) is 1.92. The van der Waals surface area contributed by atoms with E-state index in [0.717, 1.165) is 16.9 Å². The predicted molar refractivity (Wildman–Crippen MR) is 92.3 cm³/mol. The van der Waals surface area contributed by atoms with Gasteiger partial charge in [-0.1, -0.05) is 29.4 Å². The van der Waals surface area contributed by atoms with Crippen LogP contribution in [-0.2, 0) is 19.3 Å². The second-order valence-corrected chi connectivity index (χ2v) is 5.74. The van der Waals surface area contributed by atoms with Crippen LogP contribution >= 0.6 is 0 Å². The van der Waals surface area contributed by atoms with Crippen molar-refractivity contribution in [3.8, 4) is 5.75 Å². The van der Waals surface area contributed by atoms with Gasteiger partial charge < -0.3 is 15.0 Å².